The lowest BCUT2D eigenvalue weighted by molar-refractivity contribution is -0.133. The highest BCUT2D eigenvalue weighted by Gasteiger charge is 2.00. The summed E-state index contributed by atoms with van der Waals surface area (Å²) in [7, 11) is 1.24. The zero-order valence-corrected chi connectivity index (χ0v) is 8.21. The van der Waals surface area contributed by atoms with Crippen LogP contribution in [0.3, 0.4) is 0 Å². The Bertz CT molecular complexity index is 432. The molecule has 0 aromatic heterocycles. The minimum absolute atomic E-state index is 0.170. The molecule has 2 N–H and O–H groups in total. The quantitative estimate of drug-likeness (QED) is 0.547. The van der Waals surface area contributed by atoms with Gasteiger partial charge in [-0.3, -0.25) is 0 Å². The predicted molar refractivity (Wildman–Crippen MR) is 53.2 cm³/mol. The number of hydrogen-bond donors (Lipinski definition) is 1. The van der Waals surface area contributed by atoms with E-state index in [2.05, 4.69) is 16.6 Å². The lowest BCUT2D eigenvalue weighted by Gasteiger charge is -2.00. The molecular weight excluding hydrogens is 197 g/mol. The molecule has 0 atom stereocenters. The minimum atomic E-state index is -0.637. The van der Waals surface area contributed by atoms with E-state index < -0.39 is 5.97 Å². The second-order valence-electron chi connectivity index (χ2n) is 2.75. The zero-order valence-electron chi connectivity index (χ0n) is 8.21. The Hall–Kier alpha value is -1.86. The molecule has 1 rings (SSSR count). The van der Waals surface area contributed by atoms with Crippen molar-refractivity contribution in [2.45, 2.75) is 6.54 Å². The number of halogens is 1. The largest absolute Gasteiger partial charge is 0.459 e. The van der Waals surface area contributed by atoms with Gasteiger partial charge in [-0.2, -0.15) is 0 Å². The molecular formula is C11H10FNO2. The summed E-state index contributed by atoms with van der Waals surface area (Å²) in [6, 6.07) is 4.04. The van der Waals surface area contributed by atoms with Gasteiger partial charge in [-0.15, -0.1) is 0 Å². The maximum Gasteiger partial charge on any atom is 0.384 e. The Labute approximate surface area is 87.0 Å². The molecule has 0 radical (unpaired) electrons. The van der Waals surface area contributed by atoms with Crippen molar-refractivity contribution in [2.24, 2.45) is 5.73 Å². The third-order valence-electron chi connectivity index (χ3n) is 1.77. The number of methoxy groups -OCH3 is 1. The SMILES string of the molecule is COC(=O)C#Cc1ccc(F)cc1CN. The van der Waals surface area contributed by atoms with Crippen LogP contribution in [0.2, 0.25) is 0 Å². The van der Waals surface area contributed by atoms with Crippen LogP contribution in [0.25, 0.3) is 0 Å². The summed E-state index contributed by atoms with van der Waals surface area (Å²) < 4.78 is 17.2. The third-order valence-corrected chi connectivity index (χ3v) is 1.77. The summed E-state index contributed by atoms with van der Waals surface area (Å²) in [6.45, 7) is 0.170. The molecule has 0 saturated carbocycles. The van der Waals surface area contributed by atoms with Crippen molar-refractivity contribution in [3.8, 4) is 11.8 Å². The summed E-state index contributed by atoms with van der Waals surface area (Å²) in [4.78, 5) is 10.8. The van der Waals surface area contributed by atoms with Crippen LogP contribution in [0.5, 0.6) is 0 Å². The molecule has 0 bridgehead atoms. The molecule has 0 aliphatic rings. The van der Waals surface area contributed by atoms with Crippen LogP contribution in [-0.4, -0.2) is 13.1 Å². The van der Waals surface area contributed by atoms with Crippen LogP contribution in [0.15, 0.2) is 18.2 Å². The van der Waals surface area contributed by atoms with Gasteiger partial charge in [0.15, 0.2) is 0 Å². The van der Waals surface area contributed by atoms with Crippen molar-refractivity contribution < 1.29 is 13.9 Å². The molecule has 78 valence electrons. The van der Waals surface area contributed by atoms with Crippen LogP contribution in [-0.2, 0) is 16.1 Å². The summed E-state index contributed by atoms with van der Waals surface area (Å²) >= 11 is 0. The van der Waals surface area contributed by atoms with Gasteiger partial charge in [0, 0.05) is 18.0 Å². The standard InChI is InChI=1S/C11H10FNO2/c1-15-11(14)5-3-8-2-4-10(12)6-9(8)7-13/h2,4,6H,7,13H2,1H3. The number of rotatable bonds is 1. The Morgan fingerprint density at radius 2 is 2.33 bits per heavy atom. The first kappa shape index (κ1) is 11.2. The maximum atomic E-state index is 12.8. The highest BCUT2D eigenvalue weighted by Crippen LogP contribution is 2.09. The highest BCUT2D eigenvalue weighted by molar-refractivity contribution is 5.89. The average Bonchev–Trinajstić information content (AvgIpc) is 2.26. The fourth-order valence-corrected chi connectivity index (χ4v) is 1.02. The number of carbonyl (C=O) groups is 1. The molecule has 0 heterocycles. The smallest absolute Gasteiger partial charge is 0.384 e. The van der Waals surface area contributed by atoms with E-state index in [0.717, 1.165) is 0 Å². The fourth-order valence-electron chi connectivity index (χ4n) is 1.02. The maximum absolute atomic E-state index is 12.8. The lowest BCUT2D eigenvalue weighted by Crippen LogP contribution is -2.01. The van der Waals surface area contributed by atoms with Gasteiger partial charge in [0.25, 0.3) is 0 Å². The Morgan fingerprint density at radius 3 is 2.93 bits per heavy atom. The van der Waals surface area contributed by atoms with Gasteiger partial charge < -0.3 is 10.5 Å². The molecule has 0 spiro atoms. The van der Waals surface area contributed by atoms with E-state index >= 15 is 0 Å². The number of nitrogens with two attached hydrogens (primary N) is 1. The summed E-state index contributed by atoms with van der Waals surface area (Å²) in [5.74, 6) is 3.81. The number of esters is 1. The molecule has 1 aromatic rings. The predicted octanol–water partition coefficient (Wildman–Crippen LogP) is 0.809. The van der Waals surface area contributed by atoms with Crippen LogP contribution in [0, 0.1) is 17.7 Å². The molecule has 0 unspecified atom stereocenters. The Morgan fingerprint density at radius 1 is 1.60 bits per heavy atom. The zero-order chi connectivity index (χ0) is 11.3. The van der Waals surface area contributed by atoms with Gasteiger partial charge >= 0.3 is 5.97 Å². The molecule has 15 heavy (non-hydrogen) atoms. The van der Waals surface area contributed by atoms with Crippen LogP contribution in [0.1, 0.15) is 11.1 Å². The van der Waals surface area contributed by atoms with Crippen molar-refractivity contribution in [1.82, 2.24) is 0 Å². The van der Waals surface area contributed by atoms with Crippen molar-refractivity contribution in [1.29, 1.82) is 0 Å². The summed E-state index contributed by atoms with van der Waals surface area (Å²) in [6.07, 6.45) is 0. The minimum Gasteiger partial charge on any atom is -0.459 e. The van der Waals surface area contributed by atoms with E-state index in [1.807, 2.05) is 0 Å². The summed E-state index contributed by atoms with van der Waals surface area (Å²) in [5.41, 5.74) is 6.50. The molecule has 3 nitrogen and oxygen atoms in total. The number of benzene rings is 1. The van der Waals surface area contributed by atoms with Gasteiger partial charge in [0.05, 0.1) is 7.11 Å². The number of hydrogen-bond acceptors (Lipinski definition) is 3. The van der Waals surface area contributed by atoms with Crippen molar-refractivity contribution in [3.63, 3.8) is 0 Å². The lowest BCUT2D eigenvalue weighted by atomic mass is 10.1. The van der Waals surface area contributed by atoms with Crippen molar-refractivity contribution >= 4 is 5.97 Å². The van der Waals surface area contributed by atoms with Gasteiger partial charge in [-0.25, -0.2) is 9.18 Å². The Kier molecular flexibility index (Phi) is 3.83. The fraction of sp³-hybridized carbons (Fsp3) is 0.182. The summed E-state index contributed by atoms with van der Waals surface area (Å²) in [5, 5.41) is 0. The van der Waals surface area contributed by atoms with Crippen molar-refractivity contribution in [3.05, 3.63) is 35.1 Å². The third kappa shape index (κ3) is 3.08. The Balaban J connectivity index is 3.02. The molecule has 0 aliphatic heterocycles. The van der Waals surface area contributed by atoms with E-state index in [-0.39, 0.29) is 12.4 Å². The molecule has 0 amide bonds. The van der Waals surface area contributed by atoms with E-state index in [0.29, 0.717) is 11.1 Å². The van der Waals surface area contributed by atoms with E-state index in [9.17, 15) is 9.18 Å². The topological polar surface area (TPSA) is 52.3 Å². The molecule has 4 heteroatoms. The van der Waals surface area contributed by atoms with E-state index in [4.69, 9.17) is 5.73 Å². The van der Waals surface area contributed by atoms with Crippen LogP contribution >= 0.6 is 0 Å². The van der Waals surface area contributed by atoms with E-state index in [1.165, 1.54) is 25.3 Å². The second kappa shape index (κ2) is 5.13. The van der Waals surface area contributed by atoms with Gasteiger partial charge in [-0.05, 0) is 23.8 Å². The molecule has 0 aliphatic carbocycles. The monoisotopic (exact) mass is 207 g/mol. The van der Waals surface area contributed by atoms with Gasteiger partial charge in [-0.1, -0.05) is 5.92 Å². The number of ether oxygens (including phenoxy) is 1. The number of carbonyl (C=O) groups excluding carboxylic acids is 1. The first-order valence-electron chi connectivity index (χ1n) is 4.26. The first-order chi connectivity index (χ1) is 7.17. The highest BCUT2D eigenvalue weighted by atomic mass is 19.1. The normalized spacial score (nSPS) is 9.00. The van der Waals surface area contributed by atoms with E-state index in [1.54, 1.807) is 0 Å². The van der Waals surface area contributed by atoms with Gasteiger partial charge in [0.1, 0.15) is 5.82 Å². The van der Waals surface area contributed by atoms with Gasteiger partial charge in [0.2, 0.25) is 0 Å². The first-order valence-corrected chi connectivity index (χ1v) is 4.26. The van der Waals surface area contributed by atoms with Crippen molar-refractivity contribution in [2.75, 3.05) is 7.11 Å². The molecule has 0 saturated heterocycles. The molecule has 0 fully saturated rings. The van der Waals surface area contributed by atoms with Crippen LogP contribution < -0.4 is 5.73 Å². The van der Waals surface area contributed by atoms with Crippen LogP contribution in [0.4, 0.5) is 4.39 Å². The molecule has 1 aromatic carbocycles. The second-order valence-corrected chi connectivity index (χ2v) is 2.75. The average molecular weight is 207 g/mol.